The minimum absolute atomic E-state index is 0.454. The third-order valence-corrected chi connectivity index (χ3v) is 4.41. The van der Waals surface area contributed by atoms with Crippen LogP contribution in [0.1, 0.15) is 44.9 Å². The topological polar surface area (TPSA) is 21.1 Å². The molecule has 2 rings (SSSR count). The number of aromatic nitrogens is 2. The molecule has 2 heterocycles. The molecule has 0 spiro atoms. The summed E-state index contributed by atoms with van der Waals surface area (Å²) in [7, 11) is 0. The fraction of sp³-hybridized carbons (Fsp3) is 0.688. The van der Waals surface area contributed by atoms with Crippen molar-refractivity contribution in [1.82, 2.24) is 14.7 Å². The maximum absolute atomic E-state index is 4.42. The molecule has 0 N–H and O–H groups in total. The normalized spacial score (nSPS) is 18.7. The van der Waals surface area contributed by atoms with Crippen molar-refractivity contribution in [2.24, 2.45) is 11.3 Å². The van der Waals surface area contributed by atoms with Crippen LogP contribution in [-0.4, -0.2) is 27.8 Å². The predicted molar refractivity (Wildman–Crippen MR) is 80.8 cm³/mol. The minimum Gasteiger partial charge on any atom is -0.299 e. The van der Waals surface area contributed by atoms with Crippen molar-refractivity contribution in [3.8, 4) is 0 Å². The van der Waals surface area contributed by atoms with Gasteiger partial charge in [0.2, 0.25) is 0 Å². The van der Waals surface area contributed by atoms with Crippen LogP contribution in [0.4, 0.5) is 0 Å². The maximum Gasteiger partial charge on any atom is 0.0642 e. The van der Waals surface area contributed by atoms with Gasteiger partial charge in [-0.25, -0.2) is 4.68 Å². The van der Waals surface area contributed by atoms with E-state index in [0.29, 0.717) is 5.41 Å². The molecule has 1 fully saturated rings. The number of hydrogen-bond acceptors (Lipinski definition) is 2. The summed E-state index contributed by atoms with van der Waals surface area (Å²) in [5, 5.41) is 4.42. The first-order chi connectivity index (χ1) is 8.90. The third kappa shape index (κ3) is 3.47. The van der Waals surface area contributed by atoms with E-state index in [0.717, 1.165) is 18.2 Å². The molecular weight excluding hydrogens is 234 g/mol. The molecule has 3 nitrogen and oxygen atoms in total. The van der Waals surface area contributed by atoms with Gasteiger partial charge in [0.15, 0.2) is 0 Å². The Morgan fingerprint density at radius 3 is 2.47 bits per heavy atom. The summed E-state index contributed by atoms with van der Waals surface area (Å²) in [6, 6.07) is 0. The zero-order valence-corrected chi connectivity index (χ0v) is 12.8. The zero-order chi connectivity index (χ0) is 14.0. The highest BCUT2D eigenvalue weighted by Crippen LogP contribution is 2.34. The molecule has 0 bridgehead atoms. The van der Waals surface area contributed by atoms with E-state index in [2.05, 4.69) is 50.5 Å². The van der Waals surface area contributed by atoms with Crippen LogP contribution >= 0.6 is 0 Å². The SMILES string of the molecule is C=Cn1cc(CN2CCC(C(C)(C)C)CC2)c(C)n1. The van der Waals surface area contributed by atoms with Gasteiger partial charge in [-0.05, 0) is 44.2 Å². The number of nitrogens with zero attached hydrogens (tertiary/aromatic N) is 3. The van der Waals surface area contributed by atoms with Gasteiger partial charge in [0.05, 0.1) is 5.69 Å². The molecule has 0 saturated carbocycles. The summed E-state index contributed by atoms with van der Waals surface area (Å²) >= 11 is 0. The van der Waals surface area contributed by atoms with Gasteiger partial charge in [0.25, 0.3) is 0 Å². The molecule has 0 unspecified atom stereocenters. The fourth-order valence-corrected chi connectivity index (χ4v) is 2.97. The first-order valence-corrected chi connectivity index (χ1v) is 7.29. The van der Waals surface area contributed by atoms with Gasteiger partial charge in [-0.2, -0.15) is 5.10 Å². The molecule has 0 radical (unpaired) electrons. The van der Waals surface area contributed by atoms with Gasteiger partial charge in [-0.1, -0.05) is 27.4 Å². The Kier molecular flexibility index (Phi) is 4.14. The second-order valence-corrected chi connectivity index (χ2v) is 6.82. The minimum atomic E-state index is 0.454. The fourth-order valence-electron chi connectivity index (χ4n) is 2.97. The monoisotopic (exact) mass is 261 g/mol. The van der Waals surface area contributed by atoms with E-state index < -0.39 is 0 Å². The van der Waals surface area contributed by atoms with E-state index in [1.165, 1.54) is 31.5 Å². The number of likely N-dealkylation sites (tertiary alicyclic amines) is 1. The molecule has 19 heavy (non-hydrogen) atoms. The van der Waals surface area contributed by atoms with Gasteiger partial charge >= 0.3 is 0 Å². The Morgan fingerprint density at radius 2 is 2.00 bits per heavy atom. The van der Waals surface area contributed by atoms with Crippen LogP contribution in [0, 0.1) is 18.3 Å². The highest BCUT2D eigenvalue weighted by Gasteiger charge is 2.28. The van der Waals surface area contributed by atoms with Crippen molar-refractivity contribution in [3.05, 3.63) is 24.0 Å². The molecule has 0 atom stereocenters. The summed E-state index contributed by atoms with van der Waals surface area (Å²) in [6.07, 6.45) is 6.48. The quantitative estimate of drug-likeness (QED) is 0.829. The van der Waals surface area contributed by atoms with Crippen LogP contribution in [0.5, 0.6) is 0 Å². The molecule has 1 saturated heterocycles. The molecule has 1 aromatic rings. The van der Waals surface area contributed by atoms with Crippen molar-refractivity contribution in [3.63, 3.8) is 0 Å². The largest absolute Gasteiger partial charge is 0.299 e. The average molecular weight is 261 g/mol. The number of rotatable bonds is 3. The van der Waals surface area contributed by atoms with Gasteiger partial charge < -0.3 is 0 Å². The Balaban J connectivity index is 1.92. The highest BCUT2D eigenvalue weighted by molar-refractivity contribution is 5.23. The zero-order valence-electron chi connectivity index (χ0n) is 12.8. The van der Waals surface area contributed by atoms with Gasteiger partial charge in [0.1, 0.15) is 0 Å². The molecule has 0 aliphatic carbocycles. The van der Waals surface area contributed by atoms with Crippen LogP contribution in [0.2, 0.25) is 0 Å². The van der Waals surface area contributed by atoms with Crippen molar-refractivity contribution < 1.29 is 0 Å². The van der Waals surface area contributed by atoms with Crippen molar-refractivity contribution in [2.75, 3.05) is 13.1 Å². The lowest BCUT2D eigenvalue weighted by molar-refractivity contribution is 0.108. The van der Waals surface area contributed by atoms with Crippen LogP contribution in [-0.2, 0) is 6.54 Å². The van der Waals surface area contributed by atoms with E-state index in [1.807, 2.05) is 4.68 Å². The van der Waals surface area contributed by atoms with E-state index >= 15 is 0 Å². The summed E-state index contributed by atoms with van der Waals surface area (Å²) in [5.41, 5.74) is 2.90. The lowest BCUT2D eigenvalue weighted by Gasteiger charge is -2.38. The average Bonchev–Trinajstić information content (AvgIpc) is 2.70. The molecule has 3 heteroatoms. The van der Waals surface area contributed by atoms with Crippen LogP contribution in [0.15, 0.2) is 12.8 Å². The van der Waals surface area contributed by atoms with E-state index in [1.54, 1.807) is 6.20 Å². The van der Waals surface area contributed by atoms with Crippen molar-refractivity contribution in [1.29, 1.82) is 0 Å². The third-order valence-electron chi connectivity index (χ3n) is 4.41. The van der Waals surface area contributed by atoms with Crippen molar-refractivity contribution in [2.45, 2.75) is 47.1 Å². The van der Waals surface area contributed by atoms with Crippen LogP contribution < -0.4 is 0 Å². The lowest BCUT2D eigenvalue weighted by Crippen LogP contribution is -2.37. The summed E-state index contributed by atoms with van der Waals surface area (Å²) in [5.74, 6) is 0.862. The van der Waals surface area contributed by atoms with Crippen molar-refractivity contribution >= 4 is 6.20 Å². The first kappa shape index (κ1) is 14.3. The number of hydrogen-bond donors (Lipinski definition) is 0. The number of piperidine rings is 1. The molecule has 1 aromatic heterocycles. The molecule has 1 aliphatic heterocycles. The predicted octanol–water partition coefficient (Wildman–Crippen LogP) is 3.55. The van der Waals surface area contributed by atoms with E-state index in [-0.39, 0.29) is 0 Å². The Morgan fingerprint density at radius 1 is 1.37 bits per heavy atom. The summed E-state index contributed by atoms with van der Waals surface area (Å²) in [6.45, 7) is 16.4. The summed E-state index contributed by atoms with van der Waals surface area (Å²) < 4.78 is 1.81. The smallest absolute Gasteiger partial charge is 0.0642 e. The number of aryl methyl sites for hydroxylation is 1. The molecule has 0 amide bonds. The molecule has 106 valence electrons. The Bertz CT molecular complexity index is 431. The van der Waals surface area contributed by atoms with Crippen LogP contribution in [0.3, 0.4) is 0 Å². The Labute approximate surface area is 117 Å². The highest BCUT2D eigenvalue weighted by atomic mass is 15.3. The summed E-state index contributed by atoms with van der Waals surface area (Å²) in [4.78, 5) is 2.56. The molecule has 1 aliphatic rings. The second-order valence-electron chi connectivity index (χ2n) is 6.82. The van der Waals surface area contributed by atoms with Gasteiger partial charge in [0, 0.05) is 24.5 Å². The lowest BCUT2D eigenvalue weighted by atomic mass is 9.75. The standard InChI is InChI=1S/C16H27N3/c1-6-19-12-14(13(2)17-19)11-18-9-7-15(8-10-18)16(3,4)5/h6,12,15H,1,7-11H2,2-5H3. The first-order valence-electron chi connectivity index (χ1n) is 7.29. The van der Waals surface area contributed by atoms with Gasteiger partial charge in [-0.3, -0.25) is 4.90 Å². The van der Waals surface area contributed by atoms with E-state index in [9.17, 15) is 0 Å². The van der Waals surface area contributed by atoms with Crippen LogP contribution in [0.25, 0.3) is 6.20 Å². The second kappa shape index (κ2) is 5.49. The Hall–Kier alpha value is -1.09. The van der Waals surface area contributed by atoms with E-state index in [4.69, 9.17) is 0 Å². The maximum atomic E-state index is 4.42. The molecular formula is C16H27N3. The molecule has 0 aromatic carbocycles. The van der Waals surface area contributed by atoms with Gasteiger partial charge in [-0.15, -0.1) is 0 Å².